The maximum absolute atomic E-state index is 12.0. The second-order valence-electron chi connectivity index (χ2n) is 4.67. The fraction of sp³-hybridized carbons (Fsp3) is 0.133. The lowest BCUT2D eigenvalue weighted by Crippen LogP contribution is -2.14. The third-order valence-electron chi connectivity index (χ3n) is 2.86. The Morgan fingerprint density at radius 1 is 1.24 bits per heavy atom. The molecule has 2 rings (SSSR count). The van der Waals surface area contributed by atoms with Crippen molar-refractivity contribution < 1.29 is 9.72 Å². The first-order valence-corrected chi connectivity index (χ1v) is 7.04. The van der Waals surface area contributed by atoms with E-state index >= 15 is 0 Å². The van der Waals surface area contributed by atoms with Crippen LogP contribution in [0.1, 0.15) is 11.1 Å². The number of carbonyl (C=O) groups is 1. The second-order valence-corrected chi connectivity index (χ2v) is 5.58. The molecule has 0 atom stereocenters. The van der Waals surface area contributed by atoms with Crippen molar-refractivity contribution in [2.75, 3.05) is 5.32 Å². The molecule has 5 nitrogen and oxygen atoms in total. The Balaban J connectivity index is 2.09. The minimum Gasteiger partial charge on any atom is -0.326 e. The minimum atomic E-state index is -0.500. The van der Waals surface area contributed by atoms with Gasteiger partial charge in [0, 0.05) is 22.3 Å². The molecule has 108 valence electrons. The molecule has 0 saturated carbocycles. The summed E-state index contributed by atoms with van der Waals surface area (Å²) < 4.78 is 0.544. The fourth-order valence-corrected chi connectivity index (χ4v) is 2.33. The predicted molar refractivity (Wildman–Crippen MR) is 84.3 cm³/mol. The molecule has 0 bridgehead atoms. The summed E-state index contributed by atoms with van der Waals surface area (Å²) in [5.74, 6) is -0.216. The zero-order valence-electron chi connectivity index (χ0n) is 11.3. The third kappa shape index (κ3) is 4.39. The lowest BCUT2D eigenvalue weighted by Gasteiger charge is -2.06. The Labute approximate surface area is 130 Å². The maximum Gasteiger partial charge on any atom is 0.272 e. The Morgan fingerprint density at radius 2 is 1.90 bits per heavy atom. The highest BCUT2D eigenvalue weighted by Crippen LogP contribution is 2.24. The number of amides is 1. The molecule has 0 aliphatic heterocycles. The monoisotopic (exact) mass is 348 g/mol. The third-order valence-corrected chi connectivity index (χ3v) is 3.32. The minimum absolute atomic E-state index is 0.0741. The van der Waals surface area contributed by atoms with Crippen LogP contribution in [0.3, 0.4) is 0 Å². The number of nitro groups is 1. The zero-order valence-corrected chi connectivity index (χ0v) is 12.9. The van der Waals surface area contributed by atoms with Crippen molar-refractivity contribution >= 4 is 33.2 Å². The van der Waals surface area contributed by atoms with Crippen molar-refractivity contribution in [2.45, 2.75) is 13.3 Å². The summed E-state index contributed by atoms with van der Waals surface area (Å²) >= 11 is 3.19. The molecule has 0 fully saturated rings. The largest absolute Gasteiger partial charge is 0.326 e. The lowest BCUT2D eigenvalue weighted by atomic mass is 10.1. The van der Waals surface area contributed by atoms with Crippen LogP contribution in [0, 0.1) is 17.0 Å². The molecule has 0 unspecified atom stereocenters. The topological polar surface area (TPSA) is 72.2 Å². The van der Waals surface area contributed by atoms with Gasteiger partial charge in [0.25, 0.3) is 5.69 Å². The molecule has 21 heavy (non-hydrogen) atoms. The number of nitrogens with one attached hydrogen (secondary N) is 1. The van der Waals surface area contributed by atoms with Gasteiger partial charge in [0.2, 0.25) is 5.91 Å². The molecular formula is C15H13BrN2O3. The number of rotatable bonds is 4. The van der Waals surface area contributed by atoms with E-state index in [4.69, 9.17) is 0 Å². The van der Waals surface area contributed by atoms with Crippen LogP contribution in [0.4, 0.5) is 11.4 Å². The van der Waals surface area contributed by atoms with Gasteiger partial charge in [0.05, 0.1) is 11.3 Å². The van der Waals surface area contributed by atoms with E-state index in [1.54, 1.807) is 6.07 Å². The van der Waals surface area contributed by atoms with Gasteiger partial charge in [-0.15, -0.1) is 0 Å². The number of halogens is 1. The average Bonchev–Trinajstić information content (AvgIpc) is 2.40. The molecular weight excluding hydrogens is 336 g/mol. The summed E-state index contributed by atoms with van der Waals surface area (Å²) in [6, 6.07) is 12.0. The first-order valence-electron chi connectivity index (χ1n) is 6.24. The molecule has 6 heteroatoms. The second kappa shape index (κ2) is 6.49. The number of nitrogens with zero attached hydrogens (tertiary/aromatic N) is 1. The first kappa shape index (κ1) is 15.2. The molecule has 2 aromatic rings. The Hall–Kier alpha value is -2.21. The van der Waals surface area contributed by atoms with Crippen LogP contribution in [0.2, 0.25) is 0 Å². The molecule has 1 N–H and O–H groups in total. The predicted octanol–water partition coefficient (Wildman–Crippen LogP) is 3.85. The summed E-state index contributed by atoms with van der Waals surface area (Å²) in [7, 11) is 0. The molecule has 0 aliphatic rings. The summed E-state index contributed by atoms with van der Waals surface area (Å²) in [6.07, 6.45) is 0.223. The summed E-state index contributed by atoms with van der Waals surface area (Å²) in [5, 5.41) is 13.5. The van der Waals surface area contributed by atoms with Crippen LogP contribution in [-0.2, 0) is 11.2 Å². The van der Waals surface area contributed by atoms with Crippen LogP contribution >= 0.6 is 15.9 Å². The summed E-state index contributed by atoms with van der Waals surface area (Å²) in [4.78, 5) is 22.2. The molecule has 1 amide bonds. The normalized spacial score (nSPS) is 10.2. The van der Waals surface area contributed by atoms with E-state index in [2.05, 4.69) is 21.2 Å². The smallest absolute Gasteiger partial charge is 0.272 e. The van der Waals surface area contributed by atoms with Gasteiger partial charge in [-0.3, -0.25) is 14.9 Å². The van der Waals surface area contributed by atoms with E-state index < -0.39 is 4.92 Å². The Bertz CT molecular complexity index is 684. The van der Waals surface area contributed by atoms with Gasteiger partial charge in [-0.2, -0.15) is 0 Å². The molecule has 0 spiro atoms. The number of non-ortho nitro benzene ring substituents is 1. The Kier molecular flexibility index (Phi) is 4.70. The molecule has 0 radical (unpaired) electrons. The molecule has 0 aliphatic carbocycles. The van der Waals surface area contributed by atoms with Crippen molar-refractivity contribution in [2.24, 2.45) is 0 Å². The lowest BCUT2D eigenvalue weighted by molar-refractivity contribution is -0.384. The SMILES string of the molecule is Cc1ccc(CC(=O)Nc2cc(Br)cc([N+](=O)[O-])c2)cc1. The first-order chi connectivity index (χ1) is 9.94. The molecule has 0 heterocycles. The van der Waals surface area contributed by atoms with E-state index in [0.717, 1.165) is 11.1 Å². The van der Waals surface area contributed by atoms with Gasteiger partial charge >= 0.3 is 0 Å². The highest BCUT2D eigenvalue weighted by atomic mass is 79.9. The number of nitro benzene ring substituents is 1. The van der Waals surface area contributed by atoms with E-state index in [-0.39, 0.29) is 18.0 Å². The van der Waals surface area contributed by atoms with E-state index in [0.29, 0.717) is 10.2 Å². The van der Waals surface area contributed by atoms with Gasteiger partial charge in [-0.1, -0.05) is 45.8 Å². The maximum atomic E-state index is 12.0. The fourth-order valence-electron chi connectivity index (χ4n) is 1.85. The van der Waals surface area contributed by atoms with Crippen LogP contribution in [0.15, 0.2) is 46.9 Å². The van der Waals surface area contributed by atoms with Crippen molar-refractivity contribution in [3.63, 3.8) is 0 Å². The van der Waals surface area contributed by atoms with Gasteiger partial charge < -0.3 is 5.32 Å². The van der Waals surface area contributed by atoms with E-state index in [1.807, 2.05) is 31.2 Å². The number of anilines is 1. The van der Waals surface area contributed by atoms with Gasteiger partial charge in [0.1, 0.15) is 0 Å². The molecule has 0 saturated heterocycles. The Morgan fingerprint density at radius 3 is 2.52 bits per heavy atom. The summed E-state index contributed by atoms with van der Waals surface area (Å²) in [5.41, 5.74) is 2.34. The highest BCUT2D eigenvalue weighted by Gasteiger charge is 2.11. The van der Waals surface area contributed by atoms with Gasteiger partial charge in [-0.05, 0) is 18.6 Å². The van der Waals surface area contributed by atoms with Crippen LogP contribution in [0.25, 0.3) is 0 Å². The number of hydrogen-bond acceptors (Lipinski definition) is 3. The van der Waals surface area contributed by atoms with Gasteiger partial charge in [0.15, 0.2) is 0 Å². The van der Waals surface area contributed by atoms with E-state index in [1.165, 1.54) is 12.1 Å². The van der Waals surface area contributed by atoms with Crippen LogP contribution < -0.4 is 5.32 Å². The van der Waals surface area contributed by atoms with Crippen molar-refractivity contribution in [1.82, 2.24) is 0 Å². The van der Waals surface area contributed by atoms with Crippen molar-refractivity contribution in [3.8, 4) is 0 Å². The quantitative estimate of drug-likeness (QED) is 0.673. The van der Waals surface area contributed by atoms with Crippen LogP contribution in [0.5, 0.6) is 0 Å². The number of hydrogen-bond donors (Lipinski definition) is 1. The number of aryl methyl sites for hydroxylation is 1. The summed E-state index contributed by atoms with van der Waals surface area (Å²) in [6.45, 7) is 1.98. The zero-order chi connectivity index (χ0) is 15.4. The van der Waals surface area contributed by atoms with Gasteiger partial charge in [-0.25, -0.2) is 0 Å². The van der Waals surface area contributed by atoms with Crippen molar-refractivity contribution in [3.05, 3.63) is 68.2 Å². The highest BCUT2D eigenvalue weighted by molar-refractivity contribution is 9.10. The number of benzene rings is 2. The standard InChI is InChI=1S/C15H13BrN2O3/c1-10-2-4-11(5-3-10)6-15(19)17-13-7-12(16)8-14(9-13)18(20)21/h2-5,7-9H,6H2,1H3,(H,17,19). The van der Waals surface area contributed by atoms with Crippen molar-refractivity contribution in [1.29, 1.82) is 0 Å². The molecule has 2 aromatic carbocycles. The average molecular weight is 349 g/mol. The number of carbonyl (C=O) groups excluding carboxylic acids is 1. The van der Waals surface area contributed by atoms with Crippen LogP contribution in [-0.4, -0.2) is 10.8 Å². The van der Waals surface area contributed by atoms with E-state index in [9.17, 15) is 14.9 Å². The molecule has 0 aromatic heterocycles.